The molecule has 0 bridgehead atoms. The molecule has 0 aromatic carbocycles. The number of aromatic nitrogens is 1. The van der Waals surface area contributed by atoms with E-state index in [9.17, 15) is 0 Å². The lowest BCUT2D eigenvalue weighted by Gasteiger charge is -2.36. The number of hydrogen-bond donors (Lipinski definition) is 1. The topological polar surface area (TPSA) is 37.4 Å². The summed E-state index contributed by atoms with van der Waals surface area (Å²) in [6.07, 6.45) is 6.34. The lowest BCUT2D eigenvalue weighted by molar-refractivity contribution is 0.00299. The van der Waals surface area contributed by atoms with Gasteiger partial charge < -0.3 is 15.0 Å². The lowest BCUT2D eigenvalue weighted by atomic mass is 9.89. The van der Waals surface area contributed by atoms with Gasteiger partial charge in [0.05, 0.1) is 23.7 Å². The minimum Gasteiger partial charge on any atom is -0.379 e. The Labute approximate surface area is 103 Å². The maximum Gasteiger partial charge on any atom is 0.0766 e. The third-order valence-corrected chi connectivity index (χ3v) is 3.14. The Morgan fingerprint density at radius 2 is 2.24 bits per heavy atom. The Morgan fingerprint density at radius 1 is 1.47 bits per heavy atom. The van der Waals surface area contributed by atoms with Gasteiger partial charge in [-0.3, -0.25) is 4.98 Å². The van der Waals surface area contributed by atoms with Crippen molar-refractivity contribution in [1.29, 1.82) is 0 Å². The highest BCUT2D eigenvalue weighted by Gasteiger charge is 2.29. The molecule has 0 aliphatic heterocycles. The van der Waals surface area contributed by atoms with Crippen LogP contribution in [-0.4, -0.2) is 37.8 Å². The van der Waals surface area contributed by atoms with Gasteiger partial charge in [0, 0.05) is 32.9 Å². The van der Waals surface area contributed by atoms with Crippen LogP contribution in [0.15, 0.2) is 18.5 Å². The van der Waals surface area contributed by atoms with Crippen molar-refractivity contribution in [3.05, 3.63) is 18.5 Å². The van der Waals surface area contributed by atoms with Crippen molar-refractivity contribution in [1.82, 2.24) is 4.98 Å². The van der Waals surface area contributed by atoms with Crippen molar-refractivity contribution in [2.45, 2.75) is 31.9 Å². The second kappa shape index (κ2) is 5.36. The second-order valence-corrected chi connectivity index (χ2v) is 4.68. The molecule has 4 heteroatoms. The van der Waals surface area contributed by atoms with E-state index in [0.717, 1.165) is 25.1 Å². The van der Waals surface area contributed by atoms with E-state index in [-0.39, 0.29) is 0 Å². The van der Waals surface area contributed by atoms with Crippen LogP contribution in [0.25, 0.3) is 0 Å². The Balaban J connectivity index is 1.92. The largest absolute Gasteiger partial charge is 0.379 e. The van der Waals surface area contributed by atoms with Crippen LogP contribution >= 0.6 is 0 Å². The highest BCUT2D eigenvalue weighted by molar-refractivity contribution is 5.68. The summed E-state index contributed by atoms with van der Waals surface area (Å²) < 4.78 is 5.56. The summed E-state index contributed by atoms with van der Waals surface area (Å²) in [6, 6.07) is 2.55. The Morgan fingerprint density at radius 3 is 2.88 bits per heavy atom. The minimum atomic E-state index is 0.442. The average Bonchev–Trinajstić information content (AvgIpc) is 2.26. The van der Waals surface area contributed by atoms with Crippen LogP contribution in [0.4, 0.5) is 11.4 Å². The van der Waals surface area contributed by atoms with E-state index in [1.807, 2.05) is 39.5 Å². The predicted octanol–water partition coefficient (Wildman–Crippen LogP) is 2.13. The summed E-state index contributed by atoms with van der Waals surface area (Å²) in [6.45, 7) is 2.86. The van der Waals surface area contributed by atoms with Crippen LogP contribution in [0.5, 0.6) is 0 Å². The normalized spacial score (nSPS) is 23.0. The fraction of sp³-hybridized carbons (Fsp3) is 0.615. The predicted molar refractivity (Wildman–Crippen MR) is 70.6 cm³/mol. The molecule has 4 nitrogen and oxygen atoms in total. The van der Waals surface area contributed by atoms with Crippen molar-refractivity contribution >= 4 is 11.4 Å². The molecule has 1 aliphatic carbocycles. The van der Waals surface area contributed by atoms with E-state index in [2.05, 4.69) is 15.2 Å². The summed E-state index contributed by atoms with van der Waals surface area (Å²) in [5.41, 5.74) is 2.29. The summed E-state index contributed by atoms with van der Waals surface area (Å²) in [5, 5.41) is 3.53. The summed E-state index contributed by atoms with van der Waals surface area (Å²) >= 11 is 0. The van der Waals surface area contributed by atoms with Crippen molar-refractivity contribution in [2.24, 2.45) is 0 Å². The average molecular weight is 235 g/mol. The zero-order valence-electron chi connectivity index (χ0n) is 10.8. The molecule has 94 valence electrons. The van der Waals surface area contributed by atoms with Crippen molar-refractivity contribution in [2.75, 3.05) is 30.9 Å². The van der Waals surface area contributed by atoms with E-state index >= 15 is 0 Å². The first-order valence-corrected chi connectivity index (χ1v) is 6.20. The van der Waals surface area contributed by atoms with Crippen LogP contribution < -0.4 is 10.2 Å². The molecule has 1 saturated carbocycles. The van der Waals surface area contributed by atoms with Gasteiger partial charge in [-0.25, -0.2) is 0 Å². The molecule has 1 aromatic rings. The molecule has 1 heterocycles. The third-order valence-electron chi connectivity index (χ3n) is 3.14. The molecule has 0 unspecified atom stereocenters. The molecule has 1 fully saturated rings. The van der Waals surface area contributed by atoms with E-state index in [1.165, 1.54) is 5.69 Å². The quantitative estimate of drug-likeness (QED) is 0.848. The molecular formula is C13H21N3O. The molecule has 0 atom stereocenters. The molecule has 0 amide bonds. The van der Waals surface area contributed by atoms with Crippen LogP contribution in [0.3, 0.4) is 0 Å². The summed E-state index contributed by atoms with van der Waals surface area (Å²) in [7, 11) is 4.09. The van der Waals surface area contributed by atoms with Gasteiger partial charge in [-0.1, -0.05) is 0 Å². The van der Waals surface area contributed by atoms with Crippen LogP contribution in [0.1, 0.15) is 19.8 Å². The first-order chi connectivity index (χ1) is 8.20. The number of anilines is 2. The van der Waals surface area contributed by atoms with Gasteiger partial charge in [0.25, 0.3) is 0 Å². The number of ether oxygens (including phenoxy) is 1. The number of nitrogens with zero attached hydrogens (tertiary/aromatic N) is 2. The zero-order valence-corrected chi connectivity index (χ0v) is 10.8. The third kappa shape index (κ3) is 2.88. The van der Waals surface area contributed by atoms with Gasteiger partial charge >= 0.3 is 0 Å². The van der Waals surface area contributed by atoms with Gasteiger partial charge in [0.1, 0.15) is 0 Å². The van der Waals surface area contributed by atoms with E-state index < -0.39 is 0 Å². The first kappa shape index (κ1) is 12.2. The van der Waals surface area contributed by atoms with Gasteiger partial charge in [-0.15, -0.1) is 0 Å². The maximum atomic E-state index is 5.56. The summed E-state index contributed by atoms with van der Waals surface area (Å²) in [5.74, 6) is 0. The molecule has 0 saturated heterocycles. The first-order valence-electron chi connectivity index (χ1n) is 6.20. The minimum absolute atomic E-state index is 0.442. The van der Waals surface area contributed by atoms with E-state index in [0.29, 0.717) is 12.1 Å². The van der Waals surface area contributed by atoms with Crippen molar-refractivity contribution in [3.8, 4) is 0 Å². The Kier molecular flexibility index (Phi) is 3.84. The smallest absolute Gasteiger partial charge is 0.0766 e. The molecule has 0 radical (unpaired) electrons. The molecular weight excluding hydrogens is 214 g/mol. The molecule has 0 spiro atoms. The second-order valence-electron chi connectivity index (χ2n) is 4.68. The Hall–Kier alpha value is -1.29. The maximum absolute atomic E-state index is 5.56. The number of nitrogens with one attached hydrogen (secondary N) is 1. The standard InChI is InChI=1S/C13H21N3O/c1-4-17-11-7-10(8-11)15-12-9-14-6-5-13(12)16(2)3/h5-6,9-11,15H,4,7-8H2,1-3H3. The zero-order chi connectivity index (χ0) is 12.3. The number of rotatable bonds is 5. The van der Waals surface area contributed by atoms with Gasteiger partial charge in [0.15, 0.2) is 0 Å². The molecule has 1 aliphatic rings. The molecule has 1 aromatic heterocycles. The fourth-order valence-electron chi connectivity index (χ4n) is 2.16. The summed E-state index contributed by atoms with van der Waals surface area (Å²) in [4.78, 5) is 6.27. The number of hydrogen-bond acceptors (Lipinski definition) is 4. The SMILES string of the molecule is CCOC1CC(Nc2cnccc2N(C)C)C1. The highest BCUT2D eigenvalue weighted by Crippen LogP contribution is 2.30. The van der Waals surface area contributed by atoms with Gasteiger partial charge in [0.2, 0.25) is 0 Å². The molecule has 17 heavy (non-hydrogen) atoms. The lowest BCUT2D eigenvalue weighted by Crippen LogP contribution is -2.41. The fourth-order valence-corrected chi connectivity index (χ4v) is 2.16. The van der Waals surface area contributed by atoms with Gasteiger partial charge in [-0.2, -0.15) is 0 Å². The van der Waals surface area contributed by atoms with Crippen molar-refractivity contribution in [3.63, 3.8) is 0 Å². The van der Waals surface area contributed by atoms with Gasteiger partial charge in [-0.05, 0) is 25.8 Å². The van der Waals surface area contributed by atoms with Crippen LogP contribution in [-0.2, 0) is 4.74 Å². The van der Waals surface area contributed by atoms with Crippen LogP contribution in [0, 0.1) is 0 Å². The highest BCUT2D eigenvalue weighted by atomic mass is 16.5. The van der Waals surface area contributed by atoms with E-state index in [4.69, 9.17) is 4.74 Å². The van der Waals surface area contributed by atoms with E-state index in [1.54, 1.807) is 0 Å². The Bertz CT molecular complexity index is 361. The monoisotopic (exact) mass is 235 g/mol. The van der Waals surface area contributed by atoms with Crippen molar-refractivity contribution < 1.29 is 4.74 Å². The molecule has 1 N–H and O–H groups in total. The number of pyridine rings is 1. The van der Waals surface area contributed by atoms with Crippen LogP contribution in [0.2, 0.25) is 0 Å². The molecule has 2 rings (SSSR count).